The van der Waals surface area contributed by atoms with Crippen molar-refractivity contribution in [3.63, 3.8) is 0 Å². The molecular formula is C11H11FN4O2S. The molecule has 1 heterocycles. The molecule has 1 aromatic heterocycles. The Morgan fingerprint density at radius 1 is 1.53 bits per heavy atom. The van der Waals surface area contributed by atoms with Crippen LogP contribution in [0.1, 0.15) is 10.5 Å². The molecule has 0 atom stereocenters. The van der Waals surface area contributed by atoms with Gasteiger partial charge in [-0.25, -0.2) is 9.18 Å². The Hall–Kier alpha value is -2.09. The highest BCUT2D eigenvalue weighted by atomic mass is 32.2. The number of nitrogen functional groups attached to an aromatic ring is 1. The average Bonchev–Trinajstić information content (AvgIpc) is 2.82. The lowest BCUT2D eigenvalue weighted by atomic mass is 10.3. The van der Waals surface area contributed by atoms with Gasteiger partial charge in [-0.15, -0.1) is 16.9 Å². The zero-order valence-electron chi connectivity index (χ0n) is 9.78. The Morgan fingerprint density at radius 2 is 2.32 bits per heavy atom. The molecule has 0 aliphatic heterocycles. The molecule has 0 fully saturated rings. The second kappa shape index (κ2) is 5.70. The van der Waals surface area contributed by atoms with Gasteiger partial charge in [0.1, 0.15) is 5.82 Å². The minimum Gasteiger partial charge on any atom is -0.476 e. The van der Waals surface area contributed by atoms with Crippen LogP contribution in [0.2, 0.25) is 0 Å². The molecule has 0 amide bonds. The van der Waals surface area contributed by atoms with Crippen LogP contribution in [-0.2, 0) is 6.54 Å². The minimum atomic E-state index is -1.12. The molecule has 0 saturated carbocycles. The van der Waals surface area contributed by atoms with Crippen LogP contribution in [0.5, 0.6) is 0 Å². The van der Waals surface area contributed by atoms with E-state index in [4.69, 9.17) is 10.8 Å². The van der Waals surface area contributed by atoms with E-state index in [1.54, 1.807) is 0 Å². The number of carboxylic acid groups (broad SMARTS) is 1. The van der Waals surface area contributed by atoms with Crippen molar-refractivity contribution in [2.24, 2.45) is 0 Å². The van der Waals surface area contributed by atoms with E-state index in [0.29, 0.717) is 22.9 Å². The zero-order chi connectivity index (χ0) is 13.8. The van der Waals surface area contributed by atoms with Crippen molar-refractivity contribution < 1.29 is 14.3 Å². The third-order valence-corrected chi connectivity index (χ3v) is 3.36. The Balaban J connectivity index is 1.92. The van der Waals surface area contributed by atoms with Crippen molar-refractivity contribution >= 4 is 23.4 Å². The number of benzene rings is 1. The summed E-state index contributed by atoms with van der Waals surface area (Å²) in [5.41, 5.74) is 6.12. The predicted octanol–water partition coefficient (Wildman–Crippen LogP) is 1.49. The Morgan fingerprint density at radius 3 is 3.00 bits per heavy atom. The quantitative estimate of drug-likeness (QED) is 0.637. The minimum absolute atomic E-state index is 0.102. The molecule has 100 valence electrons. The Labute approximate surface area is 112 Å². The molecule has 2 rings (SSSR count). The van der Waals surface area contributed by atoms with Crippen molar-refractivity contribution in [2.75, 3.05) is 11.5 Å². The molecule has 6 nitrogen and oxygen atoms in total. The highest BCUT2D eigenvalue weighted by Gasteiger charge is 2.08. The van der Waals surface area contributed by atoms with E-state index in [1.807, 2.05) is 0 Å². The highest BCUT2D eigenvalue weighted by molar-refractivity contribution is 7.99. The first-order valence-corrected chi connectivity index (χ1v) is 6.36. The lowest BCUT2D eigenvalue weighted by Gasteiger charge is -2.05. The maximum Gasteiger partial charge on any atom is 0.358 e. The van der Waals surface area contributed by atoms with Gasteiger partial charge in [0.15, 0.2) is 5.69 Å². The molecule has 2 aromatic rings. The third-order valence-electron chi connectivity index (χ3n) is 2.31. The predicted molar refractivity (Wildman–Crippen MR) is 68.5 cm³/mol. The summed E-state index contributed by atoms with van der Waals surface area (Å²) in [6.45, 7) is 0.459. The van der Waals surface area contributed by atoms with Crippen LogP contribution in [0.15, 0.2) is 29.3 Å². The smallest absolute Gasteiger partial charge is 0.358 e. The first-order chi connectivity index (χ1) is 9.06. The van der Waals surface area contributed by atoms with Crippen LogP contribution in [0.25, 0.3) is 0 Å². The van der Waals surface area contributed by atoms with Gasteiger partial charge in [0.05, 0.1) is 12.7 Å². The number of halogens is 1. The van der Waals surface area contributed by atoms with E-state index < -0.39 is 5.97 Å². The van der Waals surface area contributed by atoms with Gasteiger partial charge in [-0.1, -0.05) is 5.21 Å². The van der Waals surface area contributed by atoms with Crippen LogP contribution in [-0.4, -0.2) is 31.8 Å². The van der Waals surface area contributed by atoms with E-state index in [2.05, 4.69) is 10.3 Å². The molecule has 0 saturated heterocycles. The lowest BCUT2D eigenvalue weighted by Crippen LogP contribution is -2.02. The van der Waals surface area contributed by atoms with Gasteiger partial charge < -0.3 is 10.8 Å². The maximum absolute atomic E-state index is 13.0. The van der Waals surface area contributed by atoms with Crippen LogP contribution >= 0.6 is 11.8 Å². The second-order valence-electron chi connectivity index (χ2n) is 3.70. The lowest BCUT2D eigenvalue weighted by molar-refractivity contribution is 0.0690. The SMILES string of the molecule is Nc1ccc(F)cc1SCCn1cc(C(=O)O)nn1. The fourth-order valence-electron chi connectivity index (χ4n) is 1.39. The normalized spacial score (nSPS) is 10.6. The Bertz CT molecular complexity index is 602. The van der Waals surface area contributed by atoms with Crippen molar-refractivity contribution in [2.45, 2.75) is 11.4 Å². The first-order valence-electron chi connectivity index (χ1n) is 5.37. The number of anilines is 1. The number of aryl methyl sites for hydroxylation is 1. The molecule has 0 radical (unpaired) electrons. The standard InChI is InChI=1S/C11H11FN4O2S/c12-7-1-2-8(13)10(5-7)19-4-3-16-6-9(11(17)18)14-15-16/h1-2,5-6H,3-4,13H2,(H,17,18). The molecule has 19 heavy (non-hydrogen) atoms. The number of rotatable bonds is 5. The number of carboxylic acids is 1. The molecular weight excluding hydrogens is 271 g/mol. The van der Waals surface area contributed by atoms with E-state index in [0.717, 1.165) is 0 Å². The monoisotopic (exact) mass is 282 g/mol. The molecule has 0 aliphatic carbocycles. The van der Waals surface area contributed by atoms with Gasteiger partial charge in [-0.2, -0.15) is 0 Å². The number of hydrogen-bond donors (Lipinski definition) is 2. The van der Waals surface area contributed by atoms with Crippen molar-refractivity contribution in [3.8, 4) is 0 Å². The summed E-state index contributed by atoms with van der Waals surface area (Å²) in [5, 5.41) is 15.9. The number of nitrogens with zero attached hydrogens (tertiary/aromatic N) is 3. The summed E-state index contributed by atoms with van der Waals surface area (Å²) in [7, 11) is 0. The van der Waals surface area contributed by atoms with Crippen molar-refractivity contribution in [3.05, 3.63) is 35.9 Å². The van der Waals surface area contributed by atoms with Crippen LogP contribution in [0.3, 0.4) is 0 Å². The maximum atomic E-state index is 13.0. The van der Waals surface area contributed by atoms with E-state index in [-0.39, 0.29) is 11.5 Å². The number of nitrogens with two attached hydrogens (primary N) is 1. The largest absolute Gasteiger partial charge is 0.476 e. The fourth-order valence-corrected chi connectivity index (χ4v) is 2.32. The van der Waals surface area contributed by atoms with Gasteiger partial charge in [-0.3, -0.25) is 4.68 Å². The van der Waals surface area contributed by atoms with Gasteiger partial charge in [-0.05, 0) is 18.2 Å². The number of aromatic carboxylic acids is 1. The van der Waals surface area contributed by atoms with Gasteiger partial charge >= 0.3 is 5.97 Å². The van der Waals surface area contributed by atoms with Crippen molar-refractivity contribution in [1.29, 1.82) is 0 Å². The number of aromatic nitrogens is 3. The summed E-state index contributed by atoms with van der Waals surface area (Å²) in [5.74, 6) is -0.880. The zero-order valence-corrected chi connectivity index (χ0v) is 10.6. The number of hydrogen-bond acceptors (Lipinski definition) is 5. The fraction of sp³-hybridized carbons (Fsp3) is 0.182. The van der Waals surface area contributed by atoms with E-state index in [1.165, 1.54) is 40.8 Å². The third kappa shape index (κ3) is 3.44. The topological polar surface area (TPSA) is 94.0 Å². The Kier molecular flexibility index (Phi) is 4.00. The van der Waals surface area contributed by atoms with Gasteiger partial charge in [0, 0.05) is 16.3 Å². The van der Waals surface area contributed by atoms with Crippen molar-refractivity contribution in [1.82, 2.24) is 15.0 Å². The summed E-state index contributed by atoms with van der Waals surface area (Å²) in [4.78, 5) is 11.3. The summed E-state index contributed by atoms with van der Waals surface area (Å²) < 4.78 is 14.5. The number of carbonyl (C=O) groups is 1. The molecule has 0 aliphatic rings. The number of thioether (sulfide) groups is 1. The molecule has 3 N–H and O–H groups in total. The molecule has 0 unspecified atom stereocenters. The van der Waals surface area contributed by atoms with Crippen LogP contribution in [0.4, 0.5) is 10.1 Å². The molecule has 8 heteroatoms. The molecule has 0 spiro atoms. The summed E-state index contributed by atoms with van der Waals surface area (Å²) >= 11 is 1.37. The van der Waals surface area contributed by atoms with Crippen LogP contribution in [0, 0.1) is 5.82 Å². The summed E-state index contributed by atoms with van der Waals surface area (Å²) in [6.07, 6.45) is 1.35. The average molecular weight is 282 g/mol. The van der Waals surface area contributed by atoms with E-state index in [9.17, 15) is 9.18 Å². The van der Waals surface area contributed by atoms with Crippen LogP contribution < -0.4 is 5.73 Å². The van der Waals surface area contributed by atoms with E-state index >= 15 is 0 Å². The van der Waals surface area contributed by atoms with Gasteiger partial charge in [0.2, 0.25) is 0 Å². The molecule has 0 bridgehead atoms. The second-order valence-corrected chi connectivity index (χ2v) is 4.84. The van der Waals surface area contributed by atoms with Gasteiger partial charge in [0.25, 0.3) is 0 Å². The summed E-state index contributed by atoms with van der Waals surface area (Å²) in [6, 6.07) is 4.18. The molecule has 1 aromatic carbocycles. The highest BCUT2D eigenvalue weighted by Crippen LogP contribution is 2.25. The first kappa shape index (κ1) is 13.3.